The monoisotopic (exact) mass is 181 g/mol. The highest BCUT2D eigenvalue weighted by Crippen LogP contribution is 1.83. The Hall–Kier alpha value is -0.460. The van der Waals surface area contributed by atoms with Crippen LogP contribution in [-0.4, -0.2) is 39.4 Å². The molecule has 0 amide bonds. The van der Waals surface area contributed by atoms with Gasteiger partial charge in [-0.3, -0.25) is 4.21 Å². The van der Waals surface area contributed by atoms with Crippen molar-refractivity contribution in [3.05, 3.63) is 0 Å². The van der Waals surface area contributed by atoms with E-state index in [9.17, 15) is 14.1 Å². The fraction of sp³-hybridized carbons (Fsp3) is 0.800. The lowest BCUT2D eigenvalue weighted by Gasteiger charge is -2.07. The summed E-state index contributed by atoms with van der Waals surface area (Å²) in [7, 11) is -1.30. The molecule has 66 valence electrons. The number of carbonyl (C=O) groups excluding carboxylic acids is 1. The minimum absolute atomic E-state index is 0.0527. The molecule has 0 saturated heterocycles. The van der Waals surface area contributed by atoms with Crippen LogP contribution in [0.15, 0.2) is 0 Å². The van der Waals surface area contributed by atoms with Gasteiger partial charge in [-0.2, -0.15) is 0 Å². The van der Waals surface area contributed by atoms with Gasteiger partial charge in [0.15, 0.2) is 0 Å². The molecule has 0 aromatic carbocycles. The van der Waals surface area contributed by atoms with Crippen LogP contribution in [-0.2, 0) is 15.6 Å². The largest absolute Gasteiger partial charge is 0.544 e. The lowest BCUT2D eigenvalue weighted by atomic mass is 10.4. The summed E-state index contributed by atoms with van der Waals surface area (Å²) in [6.07, 6.45) is 0. The number of carbonyl (C=O) groups is 1. The van der Waals surface area contributed by atoms with Crippen LogP contribution in [0.5, 0.6) is 0 Å². The predicted octanol–water partition coefficient (Wildman–Crippen LogP) is -3.91. The van der Waals surface area contributed by atoms with E-state index in [4.69, 9.17) is 5.11 Å². The average Bonchev–Trinajstić information content (AvgIpc) is 1.87. The zero-order chi connectivity index (χ0) is 8.85. The Morgan fingerprint density at radius 1 is 1.73 bits per heavy atom. The first kappa shape index (κ1) is 10.5. The van der Waals surface area contributed by atoms with Crippen molar-refractivity contribution >= 4 is 16.8 Å². The molecule has 4 N–H and O–H groups in total. The van der Waals surface area contributed by atoms with Crippen molar-refractivity contribution in [3.8, 4) is 0 Å². The van der Waals surface area contributed by atoms with E-state index < -0.39 is 22.8 Å². The van der Waals surface area contributed by atoms with Gasteiger partial charge in [0.2, 0.25) is 0 Å². The van der Waals surface area contributed by atoms with E-state index in [1.54, 1.807) is 0 Å². The molecule has 0 radical (unpaired) electrons. The minimum atomic E-state index is -1.31. The normalized spacial score (nSPS) is 15.8. The van der Waals surface area contributed by atoms with E-state index in [-0.39, 0.29) is 18.1 Å². The number of rotatable bonds is 5. The van der Waals surface area contributed by atoms with Gasteiger partial charge in [0.25, 0.3) is 0 Å². The van der Waals surface area contributed by atoms with Crippen molar-refractivity contribution in [3.63, 3.8) is 0 Å². The SMILES string of the molecule is [NH3+][C@@H](CS(=O)CCO)C(=O)[O-]. The van der Waals surface area contributed by atoms with Crippen LogP contribution in [0.4, 0.5) is 0 Å². The second-order valence-corrected chi connectivity index (χ2v) is 3.67. The molecule has 0 aromatic heterocycles. The molecule has 0 aliphatic heterocycles. The van der Waals surface area contributed by atoms with Crippen LogP contribution in [0.3, 0.4) is 0 Å². The molecule has 0 bridgehead atoms. The molecule has 2 atom stereocenters. The third-order valence-electron chi connectivity index (χ3n) is 1.04. The highest BCUT2D eigenvalue weighted by molar-refractivity contribution is 7.85. The van der Waals surface area contributed by atoms with Crippen LogP contribution in [0.25, 0.3) is 0 Å². The summed E-state index contributed by atoms with van der Waals surface area (Å²) in [5.41, 5.74) is 3.22. The number of quaternary nitrogens is 1. The zero-order valence-electron chi connectivity index (χ0n) is 5.99. The fourth-order valence-electron chi connectivity index (χ4n) is 0.478. The van der Waals surface area contributed by atoms with Crippen molar-refractivity contribution in [2.45, 2.75) is 6.04 Å². The molecular formula is C5H11NO4S. The molecular weight excluding hydrogens is 170 g/mol. The van der Waals surface area contributed by atoms with Gasteiger partial charge in [-0.25, -0.2) is 0 Å². The van der Waals surface area contributed by atoms with Crippen molar-refractivity contribution in [2.75, 3.05) is 18.1 Å². The predicted molar refractivity (Wildman–Crippen MR) is 36.6 cm³/mol. The van der Waals surface area contributed by atoms with Crippen molar-refractivity contribution in [1.82, 2.24) is 0 Å². The van der Waals surface area contributed by atoms with E-state index in [2.05, 4.69) is 5.73 Å². The lowest BCUT2D eigenvalue weighted by Crippen LogP contribution is -2.70. The van der Waals surface area contributed by atoms with Gasteiger partial charge >= 0.3 is 0 Å². The van der Waals surface area contributed by atoms with Crippen molar-refractivity contribution in [2.24, 2.45) is 0 Å². The number of aliphatic hydroxyl groups is 1. The number of carboxylic acids is 1. The second kappa shape index (κ2) is 5.22. The molecule has 0 fully saturated rings. The first-order valence-electron chi connectivity index (χ1n) is 3.07. The average molecular weight is 181 g/mol. The van der Waals surface area contributed by atoms with Crippen LogP contribution in [0, 0.1) is 0 Å². The zero-order valence-corrected chi connectivity index (χ0v) is 6.80. The molecule has 0 saturated carbocycles. The van der Waals surface area contributed by atoms with Gasteiger partial charge in [-0.15, -0.1) is 0 Å². The number of aliphatic carboxylic acids is 1. The van der Waals surface area contributed by atoms with Crippen LogP contribution in [0.1, 0.15) is 0 Å². The first-order valence-corrected chi connectivity index (χ1v) is 4.56. The third-order valence-corrected chi connectivity index (χ3v) is 2.45. The summed E-state index contributed by atoms with van der Waals surface area (Å²) in [5.74, 6) is -1.27. The van der Waals surface area contributed by atoms with Crippen LogP contribution < -0.4 is 10.8 Å². The summed E-state index contributed by atoms with van der Waals surface area (Å²) in [5, 5.41) is 18.4. The first-order chi connectivity index (χ1) is 5.07. The van der Waals surface area contributed by atoms with Gasteiger partial charge in [-0.1, -0.05) is 0 Å². The topological polar surface area (TPSA) is 105 Å². The van der Waals surface area contributed by atoms with E-state index >= 15 is 0 Å². The van der Waals surface area contributed by atoms with Gasteiger partial charge in [0.1, 0.15) is 12.0 Å². The van der Waals surface area contributed by atoms with Crippen LogP contribution >= 0.6 is 0 Å². The number of hydrogen-bond acceptors (Lipinski definition) is 4. The highest BCUT2D eigenvalue weighted by atomic mass is 32.2. The van der Waals surface area contributed by atoms with Crippen molar-refractivity contribution in [1.29, 1.82) is 0 Å². The van der Waals surface area contributed by atoms with Gasteiger partial charge in [0, 0.05) is 16.6 Å². The Morgan fingerprint density at radius 3 is 2.64 bits per heavy atom. The summed E-state index contributed by atoms with van der Waals surface area (Å²) in [6, 6.07) is -0.956. The van der Waals surface area contributed by atoms with Crippen molar-refractivity contribution < 1.29 is 25.0 Å². The van der Waals surface area contributed by atoms with Gasteiger partial charge in [-0.05, 0) is 0 Å². The highest BCUT2D eigenvalue weighted by Gasteiger charge is 2.11. The Morgan fingerprint density at radius 2 is 2.27 bits per heavy atom. The van der Waals surface area contributed by atoms with Gasteiger partial charge < -0.3 is 20.7 Å². The lowest BCUT2D eigenvalue weighted by molar-refractivity contribution is -0.431. The number of aliphatic hydroxyl groups excluding tert-OH is 1. The molecule has 11 heavy (non-hydrogen) atoms. The van der Waals surface area contributed by atoms with E-state index in [0.29, 0.717) is 0 Å². The minimum Gasteiger partial charge on any atom is -0.544 e. The number of hydrogen-bond donors (Lipinski definition) is 2. The summed E-state index contributed by atoms with van der Waals surface area (Å²) < 4.78 is 10.8. The van der Waals surface area contributed by atoms with Crippen LogP contribution in [0.2, 0.25) is 0 Å². The van der Waals surface area contributed by atoms with E-state index in [1.807, 2.05) is 0 Å². The molecule has 0 aliphatic carbocycles. The number of carboxylic acid groups (broad SMARTS) is 1. The Balaban J connectivity index is 3.66. The fourth-order valence-corrected chi connectivity index (χ4v) is 1.43. The van der Waals surface area contributed by atoms with E-state index in [1.165, 1.54) is 0 Å². The summed E-state index contributed by atoms with van der Waals surface area (Å²) >= 11 is 0. The second-order valence-electron chi connectivity index (χ2n) is 2.05. The smallest absolute Gasteiger partial charge is 0.136 e. The molecule has 1 unspecified atom stereocenters. The summed E-state index contributed by atoms with van der Waals surface area (Å²) in [4.78, 5) is 10.1. The molecule has 5 nitrogen and oxygen atoms in total. The Labute approximate surface area is 66.7 Å². The standard InChI is InChI=1S/C5H11NO4S/c6-4(5(8)9)3-11(10)2-1-7/h4,7H,1-3,6H2,(H,8,9)/t4-,11?/m0/s1. The quantitative estimate of drug-likeness (QED) is 0.452. The molecule has 6 heteroatoms. The maximum atomic E-state index is 10.8. The maximum absolute atomic E-state index is 10.8. The molecule has 0 aliphatic rings. The molecule has 0 aromatic rings. The Bertz CT molecular complexity index is 161. The molecule has 0 rings (SSSR count). The third kappa shape index (κ3) is 4.88. The summed E-state index contributed by atoms with van der Waals surface area (Å²) in [6.45, 7) is -0.202. The Kier molecular flexibility index (Phi) is 5.01. The molecule has 0 spiro atoms. The molecule has 0 heterocycles. The maximum Gasteiger partial charge on any atom is 0.136 e. The van der Waals surface area contributed by atoms with E-state index in [0.717, 1.165) is 0 Å². The van der Waals surface area contributed by atoms with Gasteiger partial charge in [0.05, 0.1) is 12.4 Å².